The second-order valence-corrected chi connectivity index (χ2v) is 5.24. The summed E-state index contributed by atoms with van der Waals surface area (Å²) in [4.78, 5) is 0. The number of hydrazine groups is 2. The number of nitrogens with zero attached hydrogens (tertiary/aromatic N) is 1. The zero-order valence-electron chi connectivity index (χ0n) is 13.6. The molecule has 0 radical (unpaired) electrons. The first-order valence-electron chi connectivity index (χ1n) is 8.11. The van der Waals surface area contributed by atoms with Gasteiger partial charge in [0.05, 0.1) is 6.17 Å². The maximum absolute atomic E-state index is 3.33. The highest BCUT2D eigenvalue weighted by molar-refractivity contribution is 4.60. The smallest absolute Gasteiger partial charge is 0.0888 e. The van der Waals surface area contributed by atoms with E-state index in [2.05, 4.69) is 23.1 Å². The molecule has 0 aliphatic carbocycles. The Balaban J connectivity index is 3.41. The molecule has 0 amide bonds. The minimum atomic E-state index is 0.361. The number of hydrogen-bond donors (Lipinski definition) is 3. The maximum atomic E-state index is 3.33. The van der Waals surface area contributed by atoms with Crippen LogP contribution < -0.4 is 16.2 Å². The van der Waals surface area contributed by atoms with E-state index in [4.69, 9.17) is 0 Å². The third-order valence-electron chi connectivity index (χ3n) is 3.71. The van der Waals surface area contributed by atoms with E-state index in [-0.39, 0.29) is 0 Å². The molecule has 0 aromatic rings. The fourth-order valence-corrected chi connectivity index (χ4v) is 2.47. The van der Waals surface area contributed by atoms with Gasteiger partial charge in [-0.25, -0.2) is 10.9 Å². The van der Waals surface area contributed by atoms with Gasteiger partial charge in [0.2, 0.25) is 0 Å². The van der Waals surface area contributed by atoms with Crippen molar-refractivity contribution in [3.8, 4) is 0 Å². The molecule has 0 aliphatic heterocycles. The van der Waals surface area contributed by atoms with Crippen LogP contribution in [0.3, 0.4) is 0 Å². The second kappa shape index (κ2) is 14.3. The Bertz CT molecular complexity index is 172. The highest BCUT2D eigenvalue weighted by Crippen LogP contribution is 2.11. The zero-order valence-corrected chi connectivity index (χ0v) is 13.6. The van der Waals surface area contributed by atoms with Gasteiger partial charge in [-0.05, 0) is 13.5 Å². The molecule has 0 aromatic heterocycles. The van der Waals surface area contributed by atoms with Gasteiger partial charge in [0.1, 0.15) is 0 Å². The average molecular weight is 272 g/mol. The lowest BCUT2D eigenvalue weighted by molar-refractivity contribution is 0.0597. The van der Waals surface area contributed by atoms with Crippen molar-refractivity contribution in [2.45, 2.75) is 77.3 Å². The quantitative estimate of drug-likeness (QED) is 0.258. The van der Waals surface area contributed by atoms with Crippen LogP contribution in [-0.4, -0.2) is 32.4 Å². The Morgan fingerprint density at radius 2 is 1.21 bits per heavy atom. The van der Waals surface area contributed by atoms with Crippen LogP contribution in [0.5, 0.6) is 0 Å². The van der Waals surface area contributed by atoms with Crippen molar-refractivity contribution in [3.05, 3.63) is 0 Å². The average Bonchev–Trinajstić information content (AvgIpc) is 2.44. The lowest BCUT2D eigenvalue weighted by Crippen LogP contribution is -2.55. The predicted molar refractivity (Wildman–Crippen MR) is 84.7 cm³/mol. The first-order valence-corrected chi connectivity index (χ1v) is 8.11. The summed E-state index contributed by atoms with van der Waals surface area (Å²) < 4.78 is 0. The first kappa shape index (κ1) is 18.8. The van der Waals surface area contributed by atoms with Crippen molar-refractivity contribution in [1.82, 2.24) is 21.3 Å². The molecule has 3 N–H and O–H groups in total. The number of hydrogen-bond acceptors (Lipinski definition) is 4. The van der Waals surface area contributed by atoms with Crippen molar-refractivity contribution in [2.75, 3.05) is 21.1 Å². The summed E-state index contributed by atoms with van der Waals surface area (Å²) in [6, 6.07) is 0. The van der Waals surface area contributed by atoms with E-state index in [1.54, 1.807) is 0 Å². The fourth-order valence-electron chi connectivity index (χ4n) is 2.47. The molecule has 1 unspecified atom stereocenters. The second-order valence-electron chi connectivity index (χ2n) is 5.24. The third kappa shape index (κ3) is 10.3. The van der Waals surface area contributed by atoms with Crippen LogP contribution in [0.25, 0.3) is 0 Å². The molecule has 116 valence electrons. The molecule has 0 fully saturated rings. The Kier molecular flexibility index (Phi) is 14.1. The van der Waals surface area contributed by atoms with Crippen LogP contribution in [0.4, 0.5) is 0 Å². The molecule has 0 aliphatic rings. The molecular formula is C15H36N4. The van der Waals surface area contributed by atoms with Gasteiger partial charge in [-0.15, -0.1) is 0 Å². The number of nitrogens with one attached hydrogen (secondary N) is 3. The SMILES string of the molecule is CCCCCCCCCCCC(NC)N(NC)NC. The van der Waals surface area contributed by atoms with Gasteiger partial charge in [0.25, 0.3) is 0 Å². The fraction of sp³-hybridized carbons (Fsp3) is 1.00. The highest BCUT2D eigenvalue weighted by Gasteiger charge is 2.12. The van der Waals surface area contributed by atoms with Crippen molar-refractivity contribution >= 4 is 0 Å². The van der Waals surface area contributed by atoms with E-state index in [9.17, 15) is 0 Å². The monoisotopic (exact) mass is 272 g/mol. The molecular weight excluding hydrogens is 236 g/mol. The number of unbranched alkanes of at least 4 members (excludes halogenated alkanes) is 8. The standard InChI is InChI=1S/C15H36N4/c1-5-6-7-8-9-10-11-12-13-14-15(16-2)19(17-3)18-4/h15-18H,5-14H2,1-4H3. The summed E-state index contributed by atoms with van der Waals surface area (Å²) in [5.74, 6) is 0. The van der Waals surface area contributed by atoms with Crippen molar-refractivity contribution in [3.63, 3.8) is 0 Å². The summed E-state index contributed by atoms with van der Waals surface area (Å²) in [7, 11) is 5.90. The van der Waals surface area contributed by atoms with Crippen LogP contribution in [0.1, 0.15) is 71.1 Å². The van der Waals surface area contributed by atoms with Gasteiger partial charge < -0.3 is 5.32 Å². The lowest BCUT2D eigenvalue weighted by Gasteiger charge is -2.29. The Morgan fingerprint density at radius 3 is 1.63 bits per heavy atom. The van der Waals surface area contributed by atoms with Crippen molar-refractivity contribution in [2.24, 2.45) is 0 Å². The van der Waals surface area contributed by atoms with Gasteiger partial charge in [-0.3, -0.25) is 0 Å². The van der Waals surface area contributed by atoms with E-state index in [0.29, 0.717) is 6.17 Å². The van der Waals surface area contributed by atoms with Gasteiger partial charge in [-0.1, -0.05) is 64.7 Å². The van der Waals surface area contributed by atoms with Crippen LogP contribution in [0, 0.1) is 0 Å². The largest absolute Gasteiger partial charge is 0.303 e. The molecule has 0 heterocycles. The molecule has 1 atom stereocenters. The zero-order chi connectivity index (χ0) is 14.3. The molecule has 0 saturated carbocycles. The minimum Gasteiger partial charge on any atom is -0.303 e. The molecule has 0 saturated heterocycles. The van der Waals surface area contributed by atoms with Crippen molar-refractivity contribution < 1.29 is 0 Å². The molecule has 4 heteroatoms. The summed E-state index contributed by atoms with van der Waals surface area (Å²) in [6.07, 6.45) is 14.0. The van der Waals surface area contributed by atoms with Crippen LogP contribution in [-0.2, 0) is 0 Å². The highest BCUT2D eigenvalue weighted by atomic mass is 15.7. The van der Waals surface area contributed by atoms with Gasteiger partial charge in [-0.2, -0.15) is 5.12 Å². The normalized spacial score (nSPS) is 13.1. The summed E-state index contributed by atoms with van der Waals surface area (Å²) >= 11 is 0. The van der Waals surface area contributed by atoms with Gasteiger partial charge >= 0.3 is 0 Å². The Hall–Kier alpha value is -0.160. The van der Waals surface area contributed by atoms with Crippen molar-refractivity contribution in [1.29, 1.82) is 0 Å². The predicted octanol–water partition coefficient (Wildman–Crippen LogP) is 3.02. The van der Waals surface area contributed by atoms with Crippen LogP contribution in [0.2, 0.25) is 0 Å². The lowest BCUT2D eigenvalue weighted by atomic mass is 10.1. The van der Waals surface area contributed by atoms with Crippen LogP contribution in [0.15, 0.2) is 0 Å². The summed E-state index contributed by atoms with van der Waals surface area (Å²) in [5.41, 5.74) is 6.29. The van der Waals surface area contributed by atoms with E-state index < -0.39 is 0 Å². The van der Waals surface area contributed by atoms with Crippen LogP contribution >= 0.6 is 0 Å². The van der Waals surface area contributed by atoms with Gasteiger partial charge in [0.15, 0.2) is 0 Å². The number of rotatable bonds is 14. The summed E-state index contributed by atoms with van der Waals surface area (Å²) in [6.45, 7) is 2.28. The van der Waals surface area contributed by atoms with E-state index >= 15 is 0 Å². The Morgan fingerprint density at radius 1 is 0.737 bits per heavy atom. The molecule has 4 nitrogen and oxygen atoms in total. The minimum absolute atomic E-state index is 0.361. The third-order valence-corrected chi connectivity index (χ3v) is 3.71. The Labute approximate surface area is 120 Å². The molecule has 0 bridgehead atoms. The molecule has 19 heavy (non-hydrogen) atoms. The molecule has 0 spiro atoms. The van der Waals surface area contributed by atoms with E-state index in [1.807, 2.05) is 26.3 Å². The van der Waals surface area contributed by atoms with E-state index in [0.717, 1.165) is 0 Å². The van der Waals surface area contributed by atoms with Gasteiger partial charge in [0, 0.05) is 14.1 Å². The molecule has 0 aromatic carbocycles. The topological polar surface area (TPSA) is 39.3 Å². The van der Waals surface area contributed by atoms with E-state index in [1.165, 1.54) is 64.2 Å². The molecule has 0 rings (SSSR count). The maximum Gasteiger partial charge on any atom is 0.0888 e. The first-order chi connectivity index (χ1) is 9.29. The summed E-state index contributed by atoms with van der Waals surface area (Å²) in [5, 5.41) is 5.35.